The predicted octanol–water partition coefficient (Wildman–Crippen LogP) is 4.57. The Bertz CT molecular complexity index is 857. The molecule has 4 nitrogen and oxygen atoms in total. The first-order chi connectivity index (χ1) is 13.8. The summed E-state index contributed by atoms with van der Waals surface area (Å²) in [4.78, 5) is 12.7. The third kappa shape index (κ3) is 5.28. The van der Waals surface area contributed by atoms with Crippen molar-refractivity contribution in [2.24, 2.45) is 11.3 Å². The van der Waals surface area contributed by atoms with Gasteiger partial charge in [-0.3, -0.25) is 0 Å². The molecule has 1 aliphatic heterocycles. The summed E-state index contributed by atoms with van der Waals surface area (Å²) in [6.07, 6.45) is 2.15. The van der Waals surface area contributed by atoms with Crippen LogP contribution in [0.2, 0.25) is 0 Å². The summed E-state index contributed by atoms with van der Waals surface area (Å²) in [7, 11) is 7.00. The molecule has 1 heterocycles. The van der Waals surface area contributed by atoms with E-state index in [4.69, 9.17) is 0 Å². The maximum absolute atomic E-state index is 14.5. The number of nitrogens with zero attached hydrogens (tertiary/aromatic N) is 2. The predicted molar refractivity (Wildman–Crippen MR) is 119 cm³/mol. The molecule has 0 saturated carbocycles. The molecular weight excluding hydrogens is 420 g/mol. The molecule has 2 aliphatic rings. The van der Waals surface area contributed by atoms with Gasteiger partial charge in [0, 0.05) is 0 Å². The van der Waals surface area contributed by atoms with Gasteiger partial charge in [-0.25, -0.2) is 0 Å². The summed E-state index contributed by atoms with van der Waals surface area (Å²) in [6, 6.07) is 2.35. The molecule has 1 amide bonds. The average Bonchev–Trinajstić information content (AvgIpc) is 3.13. The molecule has 166 valence electrons. The Morgan fingerprint density at radius 2 is 1.57 bits per heavy atom. The van der Waals surface area contributed by atoms with Crippen LogP contribution in [0.1, 0.15) is 41.5 Å². The smallest absolute Gasteiger partial charge is 0.162 e. The molecule has 0 saturated heterocycles. The fraction of sp³-hybridized carbons (Fsp3) is 0.522. The van der Waals surface area contributed by atoms with E-state index in [2.05, 4.69) is 27.4 Å². The van der Waals surface area contributed by atoms with E-state index in [1.807, 2.05) is 34.6 Å². The van der Waals surface area contributed by atoms with Crippen LogP contribution in [-0.2, 0) is 21.6 Å². The minimum Gasteiger partial charge on any atom is -0.668 e. The van der Waals surface area contributed by atoms with E-state index in [-0.39, 0.29) is 11.8 Å². The molecule has 2 unspecified atom stereocenters. The van der Waals surface area contributed by atoms with Crippen LogP contribution in [0.4, 0.5) is 8.78 Å². The van der Waals surface area contributed by atoms with Crippen molar-refractivity contribution in [1.29, 1.82) is 0 Å². The second kappa shape index (κ2) is 10.3. The number of nitrogens with one attached hydrogen (secondary N) is 1. The number of allylic oxidation sites excluding steroid dienone is 4. The van der Waals surface area contributed by atoms with Crippen molar-refractivity contribution in [3.63, 3.8) is 0 Å². The van der Waals surface area contributed by atoms with Crippen molar-refractivity contribution < 1.29 is 30.4 Å². The Kier molecular flexibility index (Phi) is 9.18. The second-order valence-corrected chi connectivity index (χ2v) is 14.0. The van der Waals surface area contributed by atoms with E-state index in [1.54, 1.807) is 28.2 Å². The Morgan fingerprint density at radius 3 is 1.97 bits per heavy atom. The fourth-order valence-electron chi connectivity index (χ4n) is 3.76. The number of fused-ring (bicyclic) bond motifs is 1. The molecule has 3 rings (SSSR count). The number of hydrogen-bond acceptors (Lipinski definition) is 1. The van der Waals surface area contributed by atoms with E-state index in [0.29, 0.717) is 3.87 Å². The van der Waals surface area contributed by atoms with E-state index in [0.717, 1.165) is 25.0 Å². The molecule has 0 fully saturated rings. The Balaban J connectivity index is 0.000000672. The number of halogens is 2. The van der Waals surface area contributed by atoms with Gasteiger partial charge in [-0.15, -0.1) is 0 Å². The zero-order chi connectivity index (χ0) is 23.4. The number of carbonyl (C=O) groups is 1. The van der Waals surface area contributed by atoms with Crippen molar-refractivity contribution in [2.75, 3.05) is 28.2 Å². The van der Waals surface area contributed by atoms with Gasteiger partial charge in [0.05, 0.1) is 0 Å². The molecule has 1 aliphatic carbocycles. The van der Waals surface area contributed by atoms with E-state index in [1.165, 1.54) is 6.07 Å². The SMILES string of the molecule is CC1=CC(C)[C]([Ti+2]2([NH]C(=O)C(C)(C)C)[c]3cc(F)cc(F)[c]32)=C1C.C[N-]C.C[N-]C. The number of rotatable bonds is 2. The van der Waals surface area contributed by atoms with Crippen LogP contribution in [0, 0.1) is 23.0 Å². The van der Waals surface area contributed by atoms with Gasteiger partial charge < -0.3 is 10.6 Å². The second-order valence-electron chi connectivity index (χ2n) is 8.84. The van der Waals surface area contributed by atoms with Crippen molar-refractivity contribution in [3.8, 4) is 0 Å². The van der Waals surface area contributed by atoms with Crippen molar-refractivity contribution in [1.82, 2.24) is 3.80 Å². The topological polar surface area (TPSA) is 57.3 Å². The van der Waals surface area contributed by atoms with Crippen LogP contribution in [0.5, 0.6) is 0 Å². The van der Waals surface area contributed by atoms with E-state index < -0.39 is 33.9 Å². The first kappa shape index (κ1) is 26.7. The number of hydrogen-bond donors (Lipinski definition) is 1. The molecule has 1 N–H and O–H groups in total. The van der Waals surface area contributed by atoms with Gasteiger partial charge in [0.15, 0.2) is 0 Å². The van der Waals surface area contributed by atoms with Crippen LogP contribution in [0.25, 0.3) is 10.6 Å². The molecule has 1 aromatic rings. The standard InChI is InChI=1S/C8H11.C6H2F2.C5H11NO.2C2H6N.Ti/c1-6-4-7(2)8(3)5-6;7-5-2-1-3-6(8)4-5;1-5(2,3)4(6)7;2*1-3-2;/h4,6H,1-3H3;2,4H;1-3H3,(H2,6,7);2*1-2H3;/q;;;2*-1;+3/p-1. The van der Waals surface area contributed by atoms with Crippen LogP contribution in [0.3, 0.4) is 0 Å². The minimum atomic E-state index is -3.51. The monoisotopic (exact) mass is 455 g/mol. The summed E-state index contributed by atoms with van der Waals surface area (Å²) in [5, 5.41) is 7.00. The summed E-state index contributed by atoms with van der Waals surface area (Å²) < 4.78 is 33.9. The van der Waals surface area contributed by atoms with Gasteiger partial charge in [-0.1, -0.05) is 0 Å². The summed E-state index contributed by atoms with van der Waals surface area (Å²) >= 11 is -3.51. The molecule has 30 heavy (non-hydrogen) atoms. The van der Waals surface area contributed by atoms with Crippen molar-refractivity contribution in [3.05, 3.63) is 55.5 Å². The maximum atomic E-state index is 14.5. The van der Waals surface area contributed by atoms with Crippen LogP contribution >= 0.6 is 0 Å². The van der Waals surface area contributed by atoms with Gasteiger partial charge in [-0.2, -0.15) is 28.2 Å². The number of amides is 1. The molecule has 7 heteroatoms. The van der Waals surface area contributed by atoms with Gasteiger partial charge in [0.2, 0.25) is 0 Å². The Morgan fingerprint density at radius 1 is 1.07 bits per heavy atom. The van der Waals surface area contributed by atoms with E-state index in [9.17, 15) is 13.6 Å². The molecule has 2 atom stereocenters. The zero-order valence-electron chi connectivity index (χ0n) is 19.9. The molecule has 1 aromatic carbocycles. The zero-order valence-corrected chi connectivity index (χ0v) is 21.4. The van der Waals surface area contributed by atoms with Gasteiger partial charge in [0.1, 0.15) is 0 Å². The number of carbonyl (C=O) groups excluding carboxylic acids is 1. The molecule has 0 bridgehead atoms. The molecule has 0 aromatic heterocycles. The first-order valence-corrected chi connectivity index (χ1v) is 13.1. The summed E-state index contributed by atoms with van der Waals surface area (Å²) in [6.45, 7) is 11.6. The largest absolute Gasteiger partial charge is 0.668 e. The van der Waals surface area contributed by atoms with Crippen molar-refractivity contribution in [2.45, 2.75) is 41.5 Å². The van der Waals surface area contributed by atoms with E-state index >= 15 is 0 Å². The van der Waals surface area contributed by atoms with Gasteiger partial charge in [-0.05, 0) is 0 Å². The van der Waals surface area contributed by atoms with Gasteiger partial charge in [0.25, 0.3) is 0 Å². The summed E-state index contributed by atoms with van der Waals surface area (Å²) in [5.41, 5.74) is 1.70. The Hall–Kier alpha value is -1.34. The summed E-state index contributed by atoms with van der Waals surface area (Å²) in [5.74, 6) is -1.05. The molecule has 0 spiro atoms. The van der Waals surface area contributed by atoms with Crippen molar-refractivity contribution >= 4 is 13.6 Å². The normalized spacial score (nSPS) is 19.5. The number of benzene rings is 1. The van der Waals surface area contributed by atoms with Gasteiger partial charge >= 0.3 is 146 Å². The first-order valence-electron chi connectivity index (χ1n) is 10.0. The molecule has 0 radical (unpaired) electrons. The maximum Gasteiger partial charge on any atom is -0.162 e. The Labute approximate surface area is 184 Å². The van der Waals surface area contributed by atoms with Crippen LogP contribution < -0.4 is 11.5 Å². The van der Waals surface area contributed by atoms with Crippen LogP contribution in [-0.4, -0.2) is 34.1 Å². The minimum absolute atomic E-state index is 0.101. The van der Waals surface area contributed by atoms with Crippen LogP contribution in [0.15, 0.2) is 33.2 Å². The third-order valence-electron chi connectivity index (χ3n) is 5.11. The third-order valence-corrected chi connectivity index (χ3v) is 12.1. The average molecular weight is 455 g/mol. The molecular formula is C23H35F2N3OTi. The fourth-order valence-corrected chi connectivity index (χ4v) is 12.0. The quantitative estimate of drug-likeness (QED) is 0.653.